The zero-order valence-electron chi connectivity index (χ0n) is 10.5. The maximum atomic E-state index is 13.2. The van der Waals surface area contributed by atoms with Gasteiger partial charge in [0.15, 0.2) is 0 Å². The number of likely N-dealkylation sites (N-methyl/N-ethyl adjacent to an activating group) is 2. The summed E-state index contributed by atoms with van der Waals surface area (Å²) in [5, 5.41) is 0.199. The van der Waals surface area contributed by atoms with Crippen molar-refractivity contribution in [3.05, 3.63) is 34.6 Å². The molecule has 0 radical (unpaired) electrons. The molecule has 94 valence electrons. The highest BCUT2D eigenvalue weighted by atomic mass is 35.5. The third kappa shape index (κ3) is 2.32. The second kappa shape index (κ2) is 4.56. The molecular formula is C13H18ClFN2. The summed E-state index contributed by atoms with van der Waals surface area (Å²) in [6.45, 7) is 5.15. The fourth-order valence-corrected chi connectivity index (χ4v) is 2.62. The van der Waals surface area contributed by atoms with Crippen molar-refractivity contribution in [2.75, 3.05) is 33.7 Å². The number of benzene rings is 1. The van der Waals surface area contributed by atoms with Gasteiger partial charge in [-0.05, 0) is 38.7 Å². The lowest BCUT2D eigenvalue weighted by Crippen LogP contribution is -2.56. The molecule has 0 aromatic heterocycles. The van der Waals surface area contributed by atoms with Gasteiger partial charge in [0.05, 0.1) is 10.6 Å². The number of halogens is 2. The molecule has 0 N–H and O–H groups in total. The van der Waals surface area contributed by atoms with Gasteiger partial charge in [0, 0.05) is 19.6 Å². The second-order valence-electron chi connectivity index (χ2n) is 5.06. The van der Waals surface area contributed by atoms with Gasteiger partial charge in [0.1, 0.15) is 5.82 Å². The van der Waals surface area contributed by atoms with Crippen molar-refractivity contribution in [1.82, 2.24) is 9.80 Å². The molecule has 1 aliphatic rings. The van der Waals surface area contributed by atoms with Crippen LogP contribution < -0.4 is 0 Å². The van der Waals surface area contributed by atoms with Gasteiger partial charge in [0.2, 0.25) is 0 Å². The molecule has 0 saturated carbocycles. The summed E-state index contributed by atoms with van der Waals surface area (Å²) in [4.78, 5) is 4.59. The van der Waals surface area contributed by atoms with E-state index in [1.165, 1.54) is 6.07 Å². The third-order valence-corrected chi connectivity index (χ3v) is 4.07. The third-order valence-electron chi connectivity index (χ3n) is 3.78. The first-order valence-electron chi connectivity index (χ1n) is 5.79. The Morgan fingerprint density at radius 3 is 2.65 bits per heavy atom. The predicted octanol–water partition coefficient (Wildman–Crippen LogP) is 2.57. The SMILES string of the molecule is CN1CCN(C)C(C)(c2ccc(F)c(Cl)c2)C1. The quantitative estimate of drug-likeness (QED) is 0.762. The highest BCUT2D eigenvalue weighted by Crippen LogP contribution is 2.32. The van der Waals surface area contributed by atoms with Crippen LogP contribution in [0.5, 0.6) is 0 Å². The van der Waals surface area contributed by atoms with Crippen LogP contribution in [0.1, 0.15) is 12.5 Å². The average Bonchev–Trinajstić information content (AvgIpc) is 2.28. The maximum absolute atomic E-state index is 13.2. The Kier molecular flexibility index (Phi) is 3.43. The molecule has 1 aromatic rings. The summed E-state index contributed by atoms with van der Waals surface area (Å²) in [5.74, 6) is -0.356. The molecule has 1 aliphatic heterocycles. The number of piperazine rings is 1. The highest BCUT2D eigenvalue weighted by Gasteiger charge is 2.36. The molecule has 0 aliphatic carbocycles. The number of nitrogens with zero attached hydrogens (tertiary/aromatic N) is 2. The van der Waals surface area contributed by atoms with Gasteiger partial charge in [-0.1, -0.05) is 17.7 Å². The molecule has 0 amide bonds. The Morgan fingerprint density at radius 2 is 2.00 bits per heavy atom. The van der Waals surface area contributed by atoms with Crippen LogP contribution in [0.2, 0.25) is 5.02 Å². The van der Waals surface area contributed by atoms with E-state index in [0.29, 0.717) is 0 Å². The van der Waals surface area contributed by atoms with Crippen LogP contribution >= 0.6 is 11.6 Å². The lowest BCUT2D eigenvalue weighted by atomic mass is 9.88. The molecule has 4 heteroatoms. The van der Waals surface area contributed by atoms with Crippen molar-refractivity contribution in [2.45, 2.75) is 12.5 Å². The van der Waals surface area contributed by atoms with E-state index in [-0.39, 0.29) is 16.4 Å². The minimum atomic E-state index is -0.356. The zero-order chi connectivity index (χ0) is 12.6. The molecule has 0 spiro atoms. The average molecular weight is 257 g/mol. The van der Waals surface area contributed by atoms with Crippen LogP contribution in [0.15, 0.2) is 18.2 Å². The van der Waals surface area contributed by atoms with Gasteiger partial charge in [-0.25, -0.2) is 4.39 Å². The fourth-order valence-electron chi connectivity index (χ4n) is 2.44. The second-order valence-corrected chi connectivity index (χ2v) is 5.47. The Hall–Kier alpha value is -0.640. The topological polar surface area (TPSA) is 6.48 Å². The van der Waals surface area contributed by atoms with E-state index in [0.717, 1.165) is 25.2 Å². The molecule has 1 heterocycles. The smallest absolute Gasteiger partial charge is 0.141 e. The predicted molar refractivity (Wildman–Crippen MR) is 68.9 cm³/mol. The Morgan fingerprint density at radius 1 is 1.29 bits per heavy atom. The van der Waals surface area contributed by atoms with E-state index in [2.05, 4.69) is 30.8 Å². The lowest BCUT2D eigenvalue weighted by molar-refractivity contribution is 0.0379. The van der Waals surface area contributed by atoms with Crippen LogP contribution in [0.25, 0.3) is 0 Å². The summed E-state index contributed by atoms with van der Waals surface area (Å²) in [7, 11) is 4.21. The monoisotopic (exact) mass is 256 g/mol. The molecule has 1 saturated heterocycles. The van der Waals surface area contributed by atoms with Crippen molar-refractivity contribution >= 4 is 11.6 Å². The van der Waals surface area contributed by atoms with E-state index < -0.39 is 0 Å². The van der Waals surface area contributed by atoms with Crippen LogP contribution in [0.3, 0.4) is 0 Å². The minimum Gasteiger partial charge on any atom is -0.303 e. The number of rotatable bonds is 1. The van der Waals surface area contributed by atoms with Crippen molar-refractivity contribution < 1.29 is 4.39 Å². The van der Waals surface area contributed by atoms with E-state index in [9.17, 15) is 4.39 Å². The molecule has 1 atom stereocenters. The molecule has 0 bridgehead atoms. The van der Waals surface area contributed by atoms with E-state index >= 15 is 0 Å². The Labute approximate surface area is 107 Å². The van der Waals surface area contributed by atoms with Gasteiger partial charge < -0.3 is 4.90 Å². The van der Waals surface area contributed by atoms with Crippen molar-refractivity contribution in [3.63, 3.8) is 0 Å². The molecular weight excluding hydrogens is 239 g/mol. The van der Waals surface area contributed by atoms with Crippen molar-refractivity contribution in [2.24, 2.45) is 0 Å². The summed E-state index contributed by atoms with van der Waals surface area (Å²) in [6.07, 6.45) is 0. The summed E-state index contributed by atoms with van der Waals surface area (Å²) < 4.78 is 13.2. The first kappa shape index (κ1) is 12.8. The first-order chi connectivity index (χ1) is 7.93. The minimum absolute atomic E-state index is 0.107. The summed E-state index contributed by atoms with van der Waals surface area (Å²) in [6, 6.07) is 5.02. The fraction of sp³-hybridized carbons (Fsp3) is 0.538. The van der Waals surface area contributed by atoms with Crippen molar-refractivity contribution in [1.29, 1.82) is 0 Å². The summed E-state index contributed by atoms with van der Waals surface area (Å²) in [5.41, 5.74) is 0.961. The normalized spacial score (nSPS) is 27.4. The lowest BCUT2D eigenvalue weighted by Gasteiger charge is -2.46. The Bertz CT molecular complexity index is 424. The molecule has 1 fully saturated rings. The standard InChI is InChI=1S/C13H18ClFN2/c1-13(9-16(2)6-7-17(13)3)10-4-5-12(15)11(14)8-10/h4-5,8H,6-7,9H2,1-3H3. The van der Waals surface area contributed by atoms with Crippen LogP contribution in [-0.2, 0) is 5.54 Å². The van der Waals surface area contributed by atoms with Crippen LogP contribution in [0.4, 0.5) is 4.39 Å². The molecule has 17 heavy (non-hydrogen) atoms. The Balaban J connectivity index is 2.38. The van der Waals surface area contributed by atoms with Crippen molar-refractivity contribution in [3.8, 4) is 0 Å². The van der Waals surface area contributed by atoms with Gasteiger partial charge in [-0.2, -0.15) is 0 Å². The molecule has 1 aromatic carbocycles. The van der Waals surface area contributed by atoms with E-state index in [1.54, 1.807) is 6.07 Å². The molecule has 2 rings (SSSR count). The highest BCUT2D eigenvalue weighted by molar-refractivity contribution is 6.30. The van der Waals surface area contributed by atoms with Gasteiger partial charge in [-0.15, -0.1) is 0 Å². The molecule has 1 unspecified atom stereocenters. The van der Waals surface area contributed by atoms with Crippen LogP contribution in [0, 0.1) is 5.82 Å². The largest absolute Gasteiger partial charge is 0.303 e. The van der Waals surface area contributed by atoms with Gasteiger partial charge in [0.25, 0.3) is 0 Å². The first-order valence-corrected chi connectivity index (χ1v) is 6.16. The van der Waals surface area contributed by atoms with Crippen LogP contribution in [-0.4, -0.2) is 43.5 Å². The van der Waals surface area contributed by atoms with E-state index in [1.807, 2.05) is 6.07 Å². The maximum Gasteiger partial charge on any atom is 0.141 e. The van der Waals surface area contributed by atoms with Gasteiger partial charge in [-0.3, -0.25) is 4.90 Å². The zero-order valence-corrected chi connectivity index (χ0v) is 11.3. The number of hydrogen-bond donors (Lipinski definition) is 0. The van der Waals surface area contributed by atoms with Gasteiger partial charge >= 0.3 is 0 Å². The van der Waals surface area contributed by atoms with E-state index in [4.69, 9.17) is 11.6 Å². The summed E-state index contributed by atoms with van der Waals surface area (Å²) >= 11 is 5.87. The molecule has 2 nitrogen and oxygen atoms in total. The number of hydrogen-bond acceptors (Lipinski definition) is 2.